The summed E-state index contributed by atoms with van der Waals surface area (Å²) in [7, 11) is 0. The van der Waals surface area contributed by atoms with Crippen molar-refractivity contribution in [3.63, 3.8) is 0 Å². The van der Waals surface area contributed by atoms with Crippen LogP contribution in [0.5, 0.6) is 0 Å². The standard InChI is InChI=1S/C10H14O3/c1-5-3-4-7-8(6(5)2)10(12)13-9(7)11/h5-8H,3-4H2,1-2H3/t5-,6+,7-,8+/m0/s1. The molecule has 1 heterocycles. The second kappa shape index (κ2) is 2.82. The van der Waals surface area contributed by atoms with E-state index in [0.717, 1.165) is 12.8 Å². The fraction of sp³-hybridized carbons (Fsp3) is 0.800. The number of carbonyl (C=O) groups is 2. The second-order valence-corrected chi connectivity index (χ2v) is 4.29. The molecule has 3 heteroatoms. The molecule has 3 nitrogen and oxygen atoms in total. The molecule has 0 bridgehead atoms. The van der Waals surface area contributed by atoms with Crippen molar-refractivity contribution in [2.75, 3.05) is 0 Å². The Morgan fingerprint density at radius 3 is 2.54 bits per heavy atom. The third-order valence-electron chi connectivity index (χ3n) is 3.61. The van der Waals surface area contributed by atoms with Gasteiger partial charge >= 0.3 is 11.9 Å². The van der Waals surface area contributed by atoms with Gasteiger partial charge in [-0.1, -0.05) is 13.8 Å². The number of carbonyl (C=O) groups excluding carboxylic acids is 2. The van der Waals surface area contributed by atoms with Gasteiger partial charge in [0.05, 0.1) is 11.8 Å². The number of hydrogen-bond acceptors (Lipinski definition) is 3. The first kappa shape index (κ1) is 8.73. The predicted octanol–water partition coefficient (Wildman–Crippen LogP) is 1.37. The lowest BCUT2D eigenvalue weighted by Gasteiger charge is -2.31. The summed E-state index contributed by atoms with van der Waals surface area (Å²) < 4.78 is 4.65. The molecule has 0 aromatic rings. The predicted molar refractivity (Wildman–Crippen MR) is 45.6 cm³/mol. The van der Waals surface area contributed by atoms with Gasteiger partial charge < -0.3 is 4.74 Å². The van der Waals surface area contributed by atoms with E-state index in [2.05, 4.69) is 11.7 Å². The Morgan fingerprint density at radius 2 is 1.85 bits per heavy atom. The molecule has 2 rings (SSSR count). The molecule has 2 fully saturated rings. The lowest BCUT2D eigenvalue weighted by Crippen LogP contribution is -2.33. The summed E-state index contributed by atoms with van der Waals surface area (Å²) in [6, 6.07) is 0. The maximum atomic E-state index is 11.3. The van der Waals surface area contributed by atoms with Crippen molar-refractivity contribution in [2.45, 2.75) is 26.7 Å². The van der Waals surface area contributed by atoms with Gasteiger partial charge in [0.15, 0.2) is 0 Å². The van der Waals surface area contributed by atoms with Crippen LogP contribution in [0.3, 0.4) is 0 Å². The van der Waals surface area contributed by atoms with Gasteiger partial charge in [-0.05, 0) is 24.7 Å². The monoisotopic (exact) mass is 182 g/mol. The zero-order valence-electron chi connectivity index (χ0n) is 7.95. The number of cyclic esters (lactones) is 2. The number of rotatable bonds is 0. The summed E-state index contributed by atoms with van der Waals surface area (Å²) in [4.78, 5) is 22.6. The van der Waals surface area contributed by atoms with Crippen LogP contribution in [0.15, 0.2) is 0 Å². The lowest BCUT2D eigenvalue weighted by atomic mass is 9.69. The molecule has 4 atom stereocenters. The van der Waals surface area contributed by atoms with E-state index < -0.39 is 0 Å². The smallest absolute Gasteiger partial charge is 0.317 e. The minimum absolute atomic E-state index is 0.140. The number of ether oxygens (including phenoxy) is 1. The van der Waals surface area contributed by atoms with Crippen LogP contribution in [-0.2, 0) is 14.3 Å². The molecule has 0 radical (unpaired) electrons. The van der Waals surface area contributed by atoms with Gasteiger partial charge in [-0.3, -0.25) is 9.59 Å². The van der Waals surface area contributed by atoms with E-state index in [1.165, 1.54) is 0 Å². The summed E-state index contributed by atoms with van der Waals surface area (Å²) in [5.74, 6) is -0.0739. The van der Waals surface area contributed by atoms with Crippen LogP contribution in [-0.4, -0.2) is 11.9 Å². The molecule has 1 aliphatic carbocycles. The van der Waals surface area contributed by atoms with Crippen molar-refractivity contribution in [1.82, 2.24) is 0 Å². The van der Waals surface area contributed by atoms with Gasteiger partial charge in [-0.25, -0.2) is 0 Å². The van der Waals surface area contributed by atoms with Crippen molar-refractivity contribution in [3.05, 3.63) is 0 Å². The Morgan fingerprint density at radius 1 is 1.15 bits per heavy atom. The zero-order chi connectivity index (χ0) is 9.59. The first-order valence-corrected chi connectivity index (χ1v) is 4.87. The summed E-state index contributed by atoms with van der Waals surface area (Å²) in [6.45, 7) is 4.18. The highest BCUT2D eigenvalue weighted by Gasteiger charge is 2.50. The van der Waals surface area contributed by atoms with Crippen molar-refractivity contribution in [2.24, 2.45) is 23.7 Å². The lowest BCUT2D eigenvalue weighted by molar-refractivity contribution is -0.154. The third kappa shape index (κ3) is 1.18. The second-order valence-electron chi connectivity index (χ2n) is 4.29. The summed E-state index contributed by atoms with van der Waals surface area (Å²) in [5, 5.41) is 0. The molecule has 0 spiro atoms. The van der Waals surface area contributed by atoms with Crippen LogP contribution in [0.2, 0.25) is 0 Å². The first-order valence-electron chi connectivity index (χ1n) is 4.87. The Balaban J connectivity index is 2.25. The van der Waals surface area contributed by atoms with E-state index >= 15 is 0 Å². The quantitative estimate of drug-likeness (QED) is 0.419. The minimum Gasteiger partial charge on any atom is -0.393 e. The fourth-order valence-electron chi connectivity index (χ4n) is 2.49. The van der Waals surface area contributed by atoms with Crippen LogP contribution >= 0.6 is 0 Å². The van der Waals surface area contributed by atoms with Crippen molar-refractivity contribution >= 4 is 11.9 Å². The average Bonchev–Trinajstić information content (AvgIpc) is 2.35. The van der Waals surface area contributed by atoms with Gasteiger partial charge in [0.25, 0.3) is 0 Å². The molecule has 0 amide bonds. The Labute approximate surface area is 77.4 Å². The van der Waals surface area contributed by atoms with E-state index in [0.29, 0.717) is 5.92 Å². The molecule has 13 heavy (non-hydrogen) atoms. The first-order chi connectivity index (χ1) is 6.11. The number of fused-ring (bicyclic) bond motifs is 1. The van der Waals surface area contributed by atoms with Crippen molar-refractivity contribution in [3.8, 4) is 0 Å². The van der Waals surface area contributed by atoms with E-state index in [1.54, 1.807) is 0 Å². The molecule has 0 N–H and O–H groups in total. The highest BCUT2D eigenvalue weighted by atomic mass is 16.6. The number of hydrogen-bond donors (Lipinski definition) is 0. The van der Waals surface area contributed by atoms with Crippen molar-refractivity contribution < 1.29 is 14.3 Å². The van der Waals surface area contributed by atoms with Crippen LogP contribution in [0.1, 0.15) is 26.7 Å². The fourth-order valence-corrected chi connectivity index (χ4v) is 2.49. The van der Waals surface area contributed by atoms with Gasteiger partial charge in [-0.15, -0.1) is 0 Å². The van der Waals surface area contributed by atoms with Gasteiger partial charge in [-0.2, -0.15) is 0 Å². The molecule has 72 valence electrons. The van der Waals surface area contributed by atoms with Crippen molar-refractivity contribution in [1.29, 1.82) is 0 Å². The summed E-state index contributed by atoms with van der Waals surface area (Å²) >= 11 is 0. The Kier molecular flexibility index (Phi) is 1.90. The molecular weight excluding hydrogens is 168 g/mol. The largest absolute Gasteiger partial charge is 0.393 e. The molecule has 1 saturated carbocycles. The van der Waals surface area contributed by atoms with E-state index in [1.807, 2.05) is 6.92 Å². The molecular formula is C10H14O3. The van der Waals surface area contributed by atoms with E-state index in [-0.39, 0.29) is 29.7 Å². The maximum Gasteiger partial charge on any atom is 0.317 e. The normalized spacial score (nSPS) is 44.5. The maximum absolute atomic E-state index is 11.3. The van der Waals surface area contributed by atoms with Crippen LogP contribution in [0.4, 0.5) is 0 Å². The van der Waals surface area contributed by atoms with E-state index in [9.17, 15) is 9.59 Å². The molecule has 0 unspecified atom stereocenters. The highest BCUT2D eigenvalue weighted by molar-refractivity contribution is 5.96. The summed E-state index contributed by atoms with van der Waals surface area (Å²) in [6.07, 6.45) is 1.85. The minimum atomic E-state index is -0.297. The van der Waals surface area contributed by atoms with Gasteiger partial charge in [0.2, 0.25) is 0 Å². The zero-order valence-corrected chi connectivity index (χ0v) is 7.95. The van der Waals surface area contributed by atoms with Crippen LogP contribution in [0, 0.1) is 23.7 Å². The summed E-state index contributed by atoms with van der Waals surface area (Å²) in [5.41, 5.74) is 0. The van der Waals surface area contributed by atoms with Crippen LogP contribution < -0.4 is 0 Å². The molecule has 1 aliphatic heterocycles. The molecule has 0 aromatic heterocycles. The number of esters is 2. The third-order valence-corrected chi connectivity index (χ3v) is 3.61. The van der Waals surface area contributed by atoms with E-state index in [4.69, 9.17) is 0 Å². The average molecular weight is 182 g/mol. The topological polar surface area (TPSA) is 43.4 Å². The Bertz CT molecular complexity index is 259. The highest BCUT2D eigenvalue weighted by Crippen LogP contribution is 2.42. The SMILES string of the molecule is C[C@H]1[C@H]2C(=O)OC(=O)[C@H]2CC[C@@H]1C. The van der Waals surface area contributed by atoms with Crippen LogP contribution in [0.25, 0.3) is 0 Å². The Hall–Kier alpha value is -0.860. The molecule has 2 aliphatic rings. The van der Waals surface area contributed by atoms with Gasteiger partial charge in [0.1, 0.15) is 0 Å². The molecule has 1 saturated heterocycles. The van der Waals surface area contributed by atoms with Gasteiger partial charge in [0, 0.05) is 0 Å². The molecule has 0 aromatic carbocycles.